The molecule has 2 aromatic carbocycles. The number of anilines is 3. The summed E-state index contributed by atoms with van der Waals surface area (Å²) in [4.78, 5) is 12.9. The Kier molecular flexibility index (Phi) is 4.47. The van der Waals surface area contributed by atoms with E-state index in [4.69, 9.17) is 22.1 Å². The monoisotopic (exact) mass is 381 g/mol. The van der Waals surface area contributed by atoms with Gasteiger partial charge in [-0.15, -0.1) is 0 Å². The maximum atomic E-state index is 6.14. The summed E-state index contributed by atoms with van der Waals surface area (Å²) in [6, 6.07) is 11.0. The number of nitrogens with one attached hydrogen (secondary N) is 2. The van der Waals surface area contributed by atoms with E-state index in [0.717, 1.165) is 16.6 Å². The lowest BCUT2D eigenvalue weighted by Crippen LogP contribution is -2.06. The minimum Gasteiger partial charge on any atom is -0.493 e. The molecule has 0 aliphatic heterocycles. The number of aromatic nitrogens is 5. The van der Waals surface area contributed by atoms with E-state index in [9.17, 15) is 0 Å². The number of hydrogen-bond acceptors (Lipinski definition) is 7. The summed E-state index contributed by atoms with van der Waals surface area (Å²) < 4.78 is 5.65. The fraction of sp³-hybridized carbons (Fsp3) is 0.111. The van der Waals surface area contributed by atoms with E-state index >= 15 is 0 Å². The van der Waals surface area contributed by atoms with Gasteiger partial charge in [0.2, 0.25) is 11.9 Å². The van der Waals surface area contributed by atoms with Crippen LogP contribution in [0.4, 0.5) is 17.6 Å². The van der Waals surface area contributed by atoms with E-state index in [2.05, 4.69) is 30.5 Å². The van der Waals surface area contributed by atoms with Crippen molar-refractivity contribution in [2.75, 3.05) is 17.7 Å². The van der Waals surface area contributed by atoms with Crippen LogP contribution in [0.2, 0.25) is 5.02 Å². The van der Waals surface area contributed by atoms with Gasteiger partial charge < -0.3 is 15.8 Å². The average molecular weight is 382 g/mol. The van der Waals surface area contributed by atoms with E-state index in [1.807, 2.05) is 25.1 Å². The normalized spacial score (nSPS) is 10.9. The Bertz CT molecular complexity index is 1110. The molecule has 0 unspecified atom stereocenters. The standard InChI is InChI=1S/C18H16ClN7O/c1-2-27-15-6-4-11(19)7-13(15)16-23-17(20)25-18(24-16)22-12-5-3-10-9-21-26-14(10)8-12/h3-9H,2H2,1H3,(H,21,26)(H3,20,22,23,24,25). The van der Waals surface area contributed by atoms with Crippen LogP contribution in [0.15, 0.2) is 42.6 Å². The molecule has 8 nitrogen and oxygen atoms in total. The van der Waals surface area contributed by atoms with Gasteiger partial charge >= 0.3 is 0 Å². The fourth-order valence-electron chi connectivity index (χ4n) is 2.67. The highest BCUT2D eigenvalue weighted by Gasteiger charge is 2.13. The minimum atomic E-state index is 0.0903. The lowest BCUT2D eigenvalue weighted by Gasteiger charge is -2.11. The summed E-state index contributed by atoms with van der Waals surface area (Å²) in [6.45, 7) is 2.41. The predicted octanol–water partition coefficient (Wildman–Crippen LogP) is 3.79. The molecule has 2 heterocycles. The first kappa shape index (κ1) is 17.0. The largest absolute Gasteiger partial charge is 0.493 e. The minimum absolute atomic E-state index is 0.0903. The van der Waals surface area contributed by atoms with Crippen molar-refractivity contribution in [3.8, 4) is 17.1 Å². The smallest absolute Gasteiger partial charge is 0.232 e. The number of rotatable bonds is 5. The predicted molar refractivity (Wildman–Crippen MR) is 105 cm³/mol. The van der Waals surface area contributed by atoms with Crippen LogP contribution >= 0.6 is 11.6 Å². The maximum Gasteiger partial charge on any atom is 0.232 e. The zero-order chi connectivity index (χ0) is 18.8. The Morgan fingerprint density at radius 3 is 2.89 bits per heavy atom. The number of aromatic amines is 1. The van der Waals surface area contributed by atoms with Gasteiger partial charge in [0.1, 0.15) is 5.75 Å². The van der Waals surface area contributed by atoms with Gasteiger partial charge in [-0.3, -0.25) is 5.10 Å². The highest BCUT2D eigenvalue weighted by atomic mass is 35.5. The van der Waals surface area contributed by atoms with Crippen molar-refractivity contribution in [1.82, 2.24) is 25.1 Å². The van der Waals surface area contributed by atoms with Crippen molar-refractivity contribution in [2.45, 2.75) is 6.92 Å². The molecule has 4 rings (SSSR count). The third kappa shape index (κ3) is 3.61. The fourth-order valence-corrected chi connectivity index (χ4v) is 2.84. The topological polar surface area (TPSA) is 115 Å². The number of hydrogen-bond donors (Lipinski definition) is 3. The van der Waals surface area contributed by atoms with Gasteiger partial charge in [0.25, 0.3) is 0 Å². The molecular weight excluding hydrogens is 366 g/mol. The van der Waals surface area contributed by atoms with Crippen LogP contribution in [0.25, 0.3) is 22.3 Å². The zero-order valence-corrected chi connectivity index (χ0v) is 15.2. The van der Waals surface area contributed by atoms with Crippen molar-refractivity contribution in [3.63, 3.8) is 0 Å². The van der Waals surface area contributed by atoms with Crippen molar-refractivity contribution in [3.05, 3.63) is 47.6 Å². The molecule has 27 heavy (non-hydrogen) atoms. The highest BCUT2D eigenvalue weighted by Crippen LogP contribution is 2.31. The zero-order valence-electron chi connectivity index (χ0n) is 14.4. The Morgan fingerprint density at radius 1 is 1.15 bits per heavy atom. The molecule has 136 valence electrons. The first-order chi connectivity index (χ1) is 13.1. The molecule has 0 amide bonds. The second kappa shape index (κ2) is 7.08. The molecule has 4 N–H and O–H groups in total. The Labute approximate surface area is 159 Å². The Hall–Kier alpha value is -3.39. The van der Waals surface area contributed by atoms with E-state index in [0.29, 0.717) is 34.7 Å². The van der Waals surface area contributed by atoms with Gasteiger partial charge in [0.05, 0.1) is 23.9 Å². The third-order valence-electron chi connectivity index (χ3n) is 3.83. The quantitative estimate of drug-likeness (QED) is 0.481. The van der Waals surface area contributed by atoms with Gasteiger partial charge in [0.15, 0.2) is 5.82 Å². The second-order valence-electron chi connectivity index (χ2n) is 5.71. The van der Waals surface area contributed by atoms with E-state index in [1.165, 1.54) is 0 Å². The maximum absolute atomic E-state index is 6.14. The van der Waals surface area contributed by atoms with Crippen LogP contribution < -0.4 is 15.8 Å². The molecule has 0 radical (unpaired) electrons. The molecule has 0 bridgehead atoms. The summed E-state index contributed by atoms with van der Waals surface area (Å²) in [7, 11) is 0. The highest BCUT2D eigenvalue weighted by molar-refractivity contribution is 6.30. The summed E-state index contributed by atoms with van der Waals surface area (Å²) >= 11 is 6.14. The van der Waals surface area contributed by atoms with Crippen LogP contribution in [0.5, 0.6) is 5.75 Å². The summed E-state index contributed by atoms with van der Waals surface area (Å²) in [5.74, 6) is 1.40. The molecule has 0 aliphatic carbocycles. The molecule has 0 atom stereocenters. The van der Waals surface area contributed by atoms with Crippen LogP contribution in [0.1, 0.15) is 6.92 Å². The van der Waals surface area contributed by atoms with E-state index in [1.54, 1.807) is 24.4 Å². The lowest BCUT2D eigenvalue weighted by molar-refractivity contribution is 0.341. The molecule has 0 fully saturated rings. The molecule has 0 spiro atoms. The van der Waals surface area contributed by atoms with Crippen LogP contribution in [0, 0.1) is 0 Å². The SMILES string of the molecule is CCOc1ccc(Cl)cc1-c1nc(N)nc(Nc2ccc3cn[nH]c3c2)n1. The molecule has 0 saturated carbocycles. The summed E-state index contributed by atoms with van der Waals surface area (Å²) in [5.41, 5.74) is 8.23. The number of H-pyrrole nitrogens is 1. The van der Waals surface area contributed by atoms with Crippen LogP contribution in [-0.4, -0.2) is 31.8 Å². The van der Waals surface area contributed by atoms with Gasteiger partial charge in [0, 0.05) is 16.1 Å². The molecule has 9 heteroatoms. The number of fused-ring (bicyclic) bond motifs is 1. The van der Waals surface area contributed by atoms with E-state index in [-0.39, 0.29) is 5.95 Å². The molecule has 2 aromatic heterocycles. The van der Waals surface area contributed by atoms with Crippen molar-refractivity contribution in [2.24, 2.45) is 0 Å². The first-order valence-electron chi connectivity index (χ1n) is 8.27. The number of nitrogens with zero attached hydrogens (tertiary/aromatic N) is 4. The van der Waals surface area contributed by atoms with Crippen LogP contribution in [-0.2, 0) is 0 Å². The number of halogens is 1. The van der Waals surface area contributed by atoms with Gasteiger partial charge in [-0.05, 0) is 43.3 Å². The average Bonchev–Trinajstić information content (AvgIpc) is 3.10. The molecule has 4 aromatic rings. The molecule has 0 saturated heterocycles. The van der Waals surface area contributed by atoms with Crippen molar-refractivity contribution >= 4 is 40.1 Å². The second-order valence-corrected chi connectivity index (χ2v) is 6.15. The third-order valence-corrected chi connectivity index (χ3v) is 4.07. The summed E-state index contributed by atoms with van der Waals surface area (Å²) in [6.07, 6.45) is 1.76. The summed E-state index contributed by atoms with van der Waals surface area (Å²) in [5, 5.41) is 11.6. The van der Waals surface area contributed by atoms with Crippen molar-refractivity contribution < 1.29 is 4.74 Å². The number of ether oxygens (including phenoxy) is 1. The van der Waals surface area contributed by atoms with Gasteiger partial charge in [-0.1, -0.05) is 11.6 Å². The Morgan fingerprint density at radius 2 is 2.04 bits per heavy atom. The molecule has 0 aliphatic rings. The lowest BCUT2D eigenvalue weighted by atomic mass is 10.2. The Balaban J connectivity index is 1.72. The van der Waals surface area contributed by atoms with Gasteiger partial charge in [-0.25, -0.2) is 0 Å². The first-order valence-corrected chi connectivity index (χ1v) is 8.64. The number of nitrogen functional groups attached to an aromatic ring is 1. The van der Waals surface area contributed by atoms with E-state index < -0.39 is 0 Å². The number of benzene rings is 2. The van der Waals surface area contributed by atoms with Crippen LogP contribution in [0.3, 0.4) is 0 Å². The molecular formula is C18H16ClN7O. The van der Waals surface area contributed by atoms with Crippen molar-refractivity contribution in [1.29, 1.82) is 0 Å². The van der Waals surface area contributed by atoms with Gasteiger partial charge in [-0.2, -0.15) is 20.1 Å². The number of nitrogens with two attached hydrogens (primary N) is 1.